The normalized spacial score (nSPS) is 15.2. The van der Waals surface area contributed by atoms with Crippen molar-refractivity contribution in [3.63, 3.8) is 0 Å². The first kappa shape index (κ1) is 11.9. The van der Waals surface area contributed by atoms with Crippen LogP contribution >= 0.6 is 11.8 Å². The van der Waals surface area contributed by atoms with Gasteiger partial charge in [0.2, 0.25) is 5.91 Å². The van der Waals surface area contributed by atoms with Gasteiger partial charge in [0.25, 0.3) is 0 Å². The van der Waals surface area contributed by atoms with Crippen molar-refractivity contribution < 1.29 is 9.59 Å². The number of rotatable bonds is 4. The van der Waals surface area contributed by atoms with Crippen LogP contribution in [0.15, 0.2) is 23.4 Å². The molecule has 3 amide bonds. The SMILES string of the molecule is Cc1ccc(SCCN2C(=O)CNC2=O)nc1. The van der Waals surface area contributed by atoms with Crippen LogP contribution in [0.5, 0.6) is 0 Å². The Kier molecular flexibility index (Phi) is 3.63. The zero-order valence-electron chi connectivity index (χ0n) is 9.47. The lowest BCUT2D eigenvalue weighted by Gasteiger charge is -2.11. The summed E-state index contributed by atoms with van der Waals surface area (Å²) in [6.45, 7) is 2.52. The van der Waals surface area contributed by atoms with Crippen molar-refractivity contribution in [1.82, 2.24) is 15.2 Å². The molecule has 1 aliphatic heterocycles. The number of imide groups is 1. The molecular weight excluding hydrogens is 238 g/mol. The van der Waals surface area contributed by atoms with Crippen molar-refractivity contribution in [2.24, 2.45) is 0 Å². The number of hydrogen-bond acceptors (Lipinski definition) is 4. The highest BCUT2D eigenvalue weighted by molar-refractivity contribution is 7.99. The summed E-state index contributed by atoms with van der Waals surface area (Å²) >= 11 is 1.54. The van der Waals surface area contributed by atoms with Crippen molar-refractivity contribution in [1.29, 1.82) is 0 Å². The van der Waals surface area contributed by atoms with Gasteiger partial charge in [-0.3, -0.25) is 9.69 Å². The quantitative estimate of drug-likeness (QED) is 0.641. The number of hydrogen-bond donors (Lipinski definition) is 1. The number of thioether (sulfide) groups is 1. The lowest BCUT2D eigenvalue weighted by atomic mass is 10.3. The molecule has 90 valence electrons. The van der Waals surface area contributed by atoms with E-state index in [1.165, 1.54) is 16.7 Å². The Labute approximate surface area is 104 Å². The number of carbonyl (C=O) groups is 2. The van der Waals surface area contributed by atoms with E-state index in [1.54, 1.807) is 6.20 Å². The molecule has 2 heterocycles. The first-order valence-corrected chi connectivity index (χ1v) is 6.29. The van der Waals surface area contributed by atoms with Gasteiger partial charge >= 0.3 is 6.03 Å². The van der Waals surface area contributed by atoms with Crippen LogP contribution in [0.3, 0.4) is 0 Å². The van der Waals surface area contributed by atoms with E-state index in [2.05, 4.69) is 10.3 Å². The van der Waals surface area contributed by atoms with Gasteiger partial charge < -0.3 is 5.32 Å². The summed E-state index contributed by atoms with van der Waals surface area (Å²) in [6, 6.07) is 3.63. The van der Waals surface area contributed by atoms with E-state index in [9.17, 15) is 9.59 Å². The first-order valence-electron chi connectivity index (χ1n) is 5.30. The molecule has 0 radical (unpaired) electrons. The van der Waals surface area contributed by atoms with Gasteiger partial charge in [-0.15, -0.1) is 11.8 Å². The van der Waals surface area contributed by atoms with Gasteiger partial charge in [-0.05, 0) is 18.6 Å². The fraction of sp³-hybridized carbons (Fsp3) is 0.364. The van der Waals surface area contributed by atoms with Gasteiger partial charge in [0, 0.05) is 18.5 Å². The lowest BCUT2D eigenvalue weighted by molar-refractivity contribution is -0.124. The largest absolute Gasteiger partial charge is 0.329 e. The van der Waals surface area contributed by atoms with E-state index < -0.39 is 0 Å². The zero-order valence-corrected chi connectivity index (χ0v) is 10.3. The summed E-state index contributed by atoms with van der Waals surface area (Å²) in [5.74, 6) is 0.502. The summed E-state index contributed by atoms with van der Waals surface area (Å²) in [7, 11) is 0. The van der Waals surface area contributed by atoms with E-state index in [0.717, 1.165) is 10.6 Å². The fourth-order valence-corrected chi connectivity index (χ4v) is 2.24. The molecular formula is C11H13N3O2S. The molecule has 0 spiro atoms. The average molecular weight is 251 g/mol. The minimum absolute atomic E-state index is 0.117. The molecule has 0 unspecified atom stereocenters. The van der Waals surface area contributed by atoms with Gasteiger partial charge in [-0.1, -0.05) is 6.07 Å². The number of urea groups is 1. The van der Waals surface area contributed by atoms with Crippen LogP contribution in [0.4, 0.5) is 4.79 Å². The van der Waals surface area contributed by atoms with Gasteiger partial charge in [0.15, 0.2) is 0 Å². The molecule has 0 atom stereocenters. The first-order chi connectivity index (χ1) is 8.16. The number of nitrogens with zero attached hydrogens (tertiary/aromatic N) is 2. The standard InChI is InChI=1S/C11H13N3O2S/c1-8-2-3-9(12-6-8)17-5-4-14-10(15)7-13-11(14)16/h2-3,6H,4-5,7H2,1H3,(H,13,16). The van der Waals surface area contributed by atoms with Crippen molar-refractivity contribution in [3.05, 3.63) is 23.9 Å². The predicted octanol–water partition coefficient (Wildman–Crippen LogP) is 1.03. The second-order valence-corrected chi connectivity index (χ2v) is 4.84. The van der Waals surface area contributed by atoms with E-state index in [-0.39, 0.29) is 18.5 Å². The molecule has 0 aromatic carbocycles. The highest BCUT2D eigenvalue weighted by Crippen LogP contribution is 2.15. The Bertz CT molecular complexity index is 417. The molecule has 1 N–H and O–H groups in total. The van der Waals surface area contributed by atoms with Gasteiger partial charge in [0.05, 0.1) is 11.6 Å². The molecule has 17 heavy (non-hydrogen) atoms. The van der Waals surface area contributed by atoms with E-state index in [1.807, 2.05) is 19.1 Å². The third-order valence-corrected chi connectivity index (χ3v) is 3.31. The highest BCUT2D eigenvalue weighted by atomic mass is 32.2. The van der Waals surface area contributed by atoms with Gasteiger partial charge in [-0.2, -0.15) is 0 Å². The predicted molar refractivity (Wildman–Crippen MR) is 64.8 cm³/mol. The summed E-state index contributed by atoms with van der Waals surface area (Å²) in [5, 5.41) is 3.39. The van der Waals surface area contributed by atoms with Gasteiger partial charge in [0.1, 0.15) is 0 Å². The number of nitrogens with one attached hydrogen (secondary N) is 1. The molecule has 1 fully saturated rings. The Morgan fingerprint density at radius 1 is 1.47 bits per heavy atom. The maximum Gasteiger partial charge on any atom is 0.324 e. The van der Waals surface area contributed by atoms with Crippen LogP contribution in [0, 0.1) is 6.92 Å². The number of aryl methyl sites for hydroxylation is 1. The second kappa shape index (κ2) is 5.18. The molecule has 5 nitrogen and oxygen atoms in total. The second-order valence-electron chi connectivity index (χ2n) is 3.73. The maximum atomic E-state index is 11.3. The van der Waals surface area contributed by atoms with Crippen LogP contribution in [-0.4, -0.2) is 40.7 Å². The van der Waals surface area contributed by atoms with Crippen LogP contribution in [0.2, 0.25) is 0 Å². The average Bonchev–Trinajstić information content (AvgIpc) is 2.63. The maximum absolute atomic E-state index is 11.3. The lowest BCUT2D eigenvalue weighted by Crippen LogP contribution is -2.32. The summed E-state index contributed by atoms with van der Waals surface area (Å²) in [6.07, 6.45) is 1.80. The molecule has 1 aromatic rings. The van der Waals surface area contributed by atoms with E-state index in [4.69, 9.17) is 0 Å². The molecule has 6 heteroatoms. The van der Waals surface area contributed by atoms with E-state index >= 15 is 0 Å². The summed E-state index contributed by atoms with van der Waals surface area (Å²) in [5.41, 5.74) is 1.11. The molecule has 0 bridgehead atoms. The van der Waals surface area contributed by atoms with Crippen molar-refractivity contribution in [2.75, 3.05) is 18.8 Å². The van der Waals surface area contributed by atoms with Crippen LogP contribution in [0.25, 0.3) is 0 Å². The van der Waals surface area contributed by atoms with Gasteiger partial charge in [-0.25, -0.2) is 9.78 Å². The highest BCUT2D eigenvalue weighted by Gasteiger charge is 2.27. The van der Waals surface area contributed by atoms with Crippen LogP contribution in [-0.2, 0) is 4.79 Å². The molecule has 1 saturated heterocycles. The Morgan fingerprint density at radius 3 is 2.88 bits per heavy atom. The minimum Gasteiger partial charge on any atom is -0.329 e. The van der Waals surface area contributed by atoms with Crippen LogP contribution in [0.1, 0.15) is 5.56 Å². The van der Waals surface area contributed by atoms with Crippen molar-refractivity contribution >= 4 is 23.7 Å². The molecule has 0 saturated carbocycles. The van der Waals surface area contributed by atoms with Crippen LogP contribution < -0.4 is 5.32 Å². The number of pyridine rings is 1. The third kappa shape index (κ3) is 2.97. The zero-order chi connectivity index (χ0) is 12.3. The molecule has 0 aliphatic carbocycles. The topological polar surface area (TPSA) is 62.3 Å². The number of amides is 3. The number of aromatic nitrogens is 1. The number of carbonyl (C=O) groups excluding carboxylic acids is 2. The summed E-state index contributed by atoms with van der Waals surface area (Å²) < 4.78 is 0. The molecule has 1 aliphatic rings. The molecule has 1 aromatic heterocycles. The molecule has 2 rings (SSSR count). The van der Waals surface area contributed by atoms with E-state index in [0.29, 0.717) is 12.3 Å². The third-order valence-electron chi connectivity index (χ3n) is 2.39. The Morgan fingerprint density at radius 2 is 2.29 bits per heavy atom. The Hall–Kier alpha value is -1.56. The van der Waals surface area contributed by atoms with Crippen molar-refractivity contribution in [2.45, 2.75) is 11.9 Å². The fourth-order valence-electron chi connectivity index (χ4n) is 1.46. The smallest absolute Gasteiger partial charge is 0.324 e. The Balaban J connectivity index is 1.81. The summed E-state index contributed by atoms with van der Waals surface area (Å²) in [4.78, 5) is 28.0. The minimum atomic E-state index is -0.299. The van der Waals surface area contributed by atoms with Crippen molar-refractivity contribution in [3.8, 4) is 0 Å². The monoisotopic (exact) mass is 251 g/mol.